The van der Waals surface area contributed by atoms with Gasteiger partial charge < -0.3 is 18.9 Å². The van der Waals surface area contributed by atoms with Crippen molar-refractivity contribution in [2.45, 2.75) is 13.3 Å². The summed E-state index contributed by atoms with van der Waals surface area (Å²) in [5, 5.41) is 0. The van der Waals surface area contributed by atoms with E-state index in [0.29, 0.717) is 11.5 Å². The standard InChI is InChI=1S/C19H20O6/c1-4-24-19(21)25-18(20)11-13-5-7-14(8-6-13)16-10-9-15(22-2)12-17(16)23-3/h5-10,12H,4,11H2,1-3H3. The first-order chi connectivity index (χ1) is 12.1. The van der Waals surface area contributed by atoms with Gasteiger partial charge in [0.1, 0.15) is 11.5 Å². The van der Waals surface area contributed by atoms with Crippen LogP contribution in [-0.2, 0) is 20.7 Å². The predicted molar refractivity (Wildman–Crippen MR) is 91.8 cm³/mol. The predicted octanol–water partition coefficient (Wildman–Crippen LogP) is 3.61. The van der Waals surface area contributed by atoms with Crippen LogP contribution in [0.1, 0.15) is 12.5 Å². The van der Waals surface area contributed by atoms with E-state index in [-0.39, 0.29) is 13.0 Å². The third kappa shape index (κ3) is 4.97. The third-order valence-corrected chi connectivity index (χ3v) is 3.48. The number of ether oxygens (including phenoxy) is 4. The summed E-state index contributed by atoms with van der Waals surface area (Å²) in [4.78, 5) is 22.8. The minimum Gasteiger partial charge on any atom is -0.497 e. The van der Waals surface area contributed by atoms with Gasteiger partial charge in [-0.05, 0) is 30.2 Å². The van der Waals surface area contributed by atoms with Gasteiger partial charge in [0.05, 0.1) is 27.2 Å². The number of carbonyl (C=O) groups excluding carboxylic acids is 2. The zero-order chi connectivity index (χ0) is 18.2. The van der Waals surface area contributed by atoms with E-state index in [1.165, 1.54) is 0 Å². The van der Waals surface area contributed by atoms with Crippen molar-refractivity contribution in [3.8, 4) is 22.6 Å². The molecule has 0 aliphatic carbocycles. The van der Waals surface area contributed by atoms with Crippen LogP contribution >= 0.6 is 0 Å². The summed E-state index contributed by atoms with van der Waals surface area (Å²) in [7, 11) is 3.19. The molecule has 0 radical (unpaired) electrons. The lowest BCUT2D eigenvalue weighted by Crippen LogP contribution is -2.15. The first kappa shape index (κ1) is 18.3. The van der Waals surface area contributed by atoms with E-state index >= 15 is 0 Å². The number of methoxy groups -OCH3 is 2. The van der Waals surface area contributed by atoms with Gasteiger partial charge in [-0.15, -0.1) is 0 Å². The molecule has 0 saturated carbocycles. The Hall–Kier alpha value is -3.02. The van der Waals surface area contributed by atoms with Crippen LogP contribution in [0.3, 0.4) is 0 Å². The second kappa shape index (κ2) is 8.73. The highest BCUT2D eigenvalue weighted by molar-refractivity contribution is 5.83. The molecule has 2 rings (SSSR count). The lowest BCUT2D eigenvalue weighted by molar-refractivity contribution is -0.138. The van der Waals surface area contributed by atoms with Crippen molar-refractivity contribution in [2.24, 2.45) is 0 Å². The van der Waals surface area contributed by atoms with E-state index in [0.717, 1.165) is 16.7 Å². The van der Waals surface area contributed by atoms with Gasteiger partial charge in [-0.2, -0.15) is 0 Å². The van der Waals surface area contributed by atoms with Gasteiger partial charge >= 0.3 is 12.1 Å². The van der Waals surface area contributed by atoms with Gasteiger partial charge in [0.2, 0.25) is 0 Å². The number of rotatable bonds is 6. The van der Waals surface area contributed by atoms with E-state index in [9.17, 15) is 9.59 Å². The van der Waals surface area contributed by atoms with E-state index in [4.69, 9.17) is 9.47 Å². The zero-order valence-corrected chi connectivity index (χ0v) is 14.4. The summed E-state index contributed by atoms with van der Waals surface area (Å²) in [5.41, 5.74) is 2.57. The molecule has 0 atom stereocenters. The van der Waals surface area contributed by atoms with Crippen molar-refractivity contribution >= 4 is 12.1 Å². The lowest BCUT2D eigenvalue weighted by atomic mass is 10.0. The number of hydrogen-bond acceptors (Lipinski definition) is 6. The smallest absolute Gasteiger partial charge is 0.497 e. The van der Waals surface area contributed by atoms with Crippen LogP contribution in [0.4, 0.5) is 4.79 Å². The van der Waals surface area contributed by atoms with E-state index in [2.05, 4.69) is 9.47 Å². The summed E-state index contributed by atoms with van der Waals surface area (Å²) in [5.74, 6) is 0.737. The van der Waals surface area contributed by atoms with Gasteiger partial charge in [0.25, 0.3) is 0 Å². The second-order valence-corrected chi connectivity index (χ2v) is 5.10. The van der Waals surface area contributed by atoms with Gasteiger partial charge in [0, 0.05) is 11.6 Å². The van der Waals surface area contributed by atoms with Crippen LogP contribution in [0.15, 0.2) is 42.5 Å². The molecule has 6 heteroatoms. The molecule has 0 bridgehead atoms. The fourth-order valence-corrected chi connectivity index (χ4v) is 2.28. The average molecular weight is 344 g/mol. The highest BCUT2D eigenvalue weighted by Crippen LogP contribution is 2.33. The average Bonchev–Trinajstić information content (AvgIpc) is 2.62. The summed E-state index contributed by atoms with van der Waals surface area (Å²) >= 11 is 0. The maximum atomic E-state index is 11.7. The molecule has 0 aliphatic rings. The molecule has 0 heterocycles. The zero-order valence-electron chi connectivity index (χ0n) is 14.4. The van der Waals surface area contributed by atoms with Crippen molar-refractivity contribution in [3.05, 3.63) is 48.0 Å². The Balaban J connectivity index is 2.10. The van der Waals surface area contributed by atoms with Crippen molar-refractivity contribution in [3.63, 3.8) is 0 Å². The van der Waals surface area contributed by atoms with E-state index < -0.39 is 12.1 Å². The molecule has 0 aromatic heterocycles. The quantitative estimate of drug-likeness (QED) is 0.589. The highest BCUT2D eigenvalue weighted by atomic mass is 16.7. The summed E-state index contributed by atoms with van der Waals surface area (Å²) in [6, 6.07) is 12.9. The molecule has 0 saturated heterocycles. The Morgan fingerprint density at radius 2 is 1.68 bits per heavy atom. The van der Waals surface area contributed by atoms with Crippen LogP contribution in [0.5, 0.6) is 11.5 Å². The van der Waals surface area contributed by atoms with Crippen LogP contribution in [0, 0.1) is 0 Å². The molecule has 0 unspecified atom stereocenters. The van der Waals surface area contributed by atoms with E-state index in [1.54, 1.807) is 39.3 Å². The summed E-state index contributed by atoms with van der Waals surface area (Å²) in [6.07, 6.45) is -0.995. The third-order valence-electron chi connectivity index (χ3n) is 3.48. The lowest BCUT2D eigenvalue weighted by Gasteiger charge is -2.11. The Kier molecular flexibility index (Phi) is 6.39. The molecule has 2 aromatic rings. The minimum absolute atomic E-state index is 0.0150. The summed E-state index contributed by atoms with van der Waals surface area (Å²) in [6.45, 7) is 1.79. The van der Waals surface area contributed by atoms with Gasteiger partial charge in [0.15, 0.2) is 0 Å². The number of esters is 1. The van der Waals surface area contributed by atoms with Crippen molar-refractivity contribution in [1.29, 1.82) is 0 Å². The maximum absolute atomic E-state index is 11.7. The first-order valence-corrected chi connectivity index (χ1v) is 7.76. The molecule has 0 spiro atoms. The molecule has 25 heavy (non-hydrogen) atoms. The first-order valence-electron chi connectivity index (χ1n) is 7.76. The second-order valence-electron chi connectivity index (χ2n) is 5.10. The normalized spacial score (nSPS) is 10.0. The van der Waals surface area contributed by atoms with Crippen molar-refractivity contribution in [1.82, 2.24) is 0 Å². The Morgan fingerprint density at radius 3 is 2.28 bits per heavy atom. The van der Waals surface area contributed by atoms with Gasteiger partial charge in [-0.1, -0.05) is 24.3 Å². The Bertz CT molecular complexity index is 736. The SMILES string of the molecule is CCOC(=O)OC(=O)Cc1ccc(-c2ccc(OC)cc2OC)cc1. The molecular weight excluding hydrogens is 324 g/mol. The molecule has 0 N–H and O–H groups in total. The summed E-state index contributed by atoms with van der Waals surface area (Å²) < 4.78 is 19.7. The van der Waals surface area contributed by atoms with Crippen LogP contribution in [0.2, 0.25) is 0 Å². The highest BCUT2D eigenvalue weighted by Gasteiger charge is 2.13. The largest absolute Gasteiger partial charge is 0.516 e. The van der Waals surface area contributed by atoms with Gasteiger partial charge in [-0.3, -0.25) is 4.79 Å². The number of hydrogen-bond donors (Lipinski definition) is 0. The minimum atomic E-state index is -0.980. The molecule has 0 amide bonds. The molecule has 6 nitrogen and oxygen atoms in total. The molecule has 132 valence electrons. The van der Waals surface area contributed by atoms with Crippen LogP contribution < -0.4 is 9.47 Å². The fraction of sp³-hybridized carbons (Fsp3) is 0.263. The monoisotopic (exact) mass is 344 g/mol. The molecule has 0 fully saturated rings. The van der Waals surface area contributed by atoms with Crippen LogP contribution in [0.25, 0.3) is 11.1 Å². The Morgan fingerprint density at radius 1 is 0.960 bits per heavy atom. The van der Waals surface area contributed by atoms with Crippen LogP contribution in [-0.4, -0.2) is 33.0 Å². The number of carbonyl (C=O) groups is 2. The van der Waals surface area contributed by atoms with E-state index in [1.807, 2.05) is 24.3 Å². The molecular formula is C19H20O6. The Labute approximate surface area is 146 Å². The fourth-order valence-electron chi connectivity index (χ4n) is 2.28. The topological polar surface area (TPSA) is 71.1 Å². The van der Waals surface area contributed by atoms with Crippen molar-refractivity contribution in [2.75, 3.05) is 20.8 Å². The molecule has 0 aliphatic heterocycles. The maximum Gasteiger partial charge on any atom is 0.516 e. The van der Waals surface area contributed by atoms with Gasteiger partial charge in [-0.25, -0.2) is 4.79 Å². The number of benzene rings is 2. The van der Waals surface area contributed by atoms with Crippen molar-refractivity contribution < 1.29 is 28.5 Å². The molecule has 2 aromatic carbocycles.